The number of benzene rings is 1. The second-order valence-corrected chi connectivity index (χ2v) is 11.7. The number of rotatable bonds is 9. The number of carbonyl (C=O) groups excluding carboxylic acids is 1. The third kappa shape index (κ3) is 7.19. The van der Waals surface area contributed by atoms with Crippen LogP contribution >= 0.6 is 11.6 Å². The molecule has 7 nitrogen and oxygen atoms in total. The Morgan fingerprint density at radius 2 is 1.80 bits per heavy atom. The van der Waals surface area contributed by atoms with E-state index in [4.69, 9.17) is 11.6 Å². The first-order valence-electron chi connectivity index (χ1n) is 14.6. The highest BCUT2D eigenvalue weighted by Gasteiger charge is 2.35. The van der Waals surface area contributed by atoms with E-state index in [2.05, 4.69) is 56.1 Å². The average molecular weight is 561 g/mol. The summed E-state index contributed by atoms with van der Waals surface area (Å²) < 4.78 is 0. The van der Waals surface area contributed by atoms with Crippen molar-refractivity contribution in [2.24, 2.45) is 0 Å². The smallest absolute Gasteiger partial charge is 0.274 e. The molecule has 0 bridgehead atoms. The van der Waals surface area contributed by atoms with E-state index in [0.29, 0.717) is 29.5 Å². The van der Waals surface area contributed by atoms with Crippen LogP contribution < -0.4 is 10.2 Å². The number of likely N-dealkylation sites (tertiary alicyclic amines) is 2. The molecule has 2 aliphatic heterocycles. The van der Waals surface area contributed by atoms with Gasteiger partial charge in [-0.25, -0.2) is 4.98 Å². The molecule has 0 radical (unpaired) electrons. The van der Waals surface area contributed by atoms with E-state index in [9.17, 15) is 4.79 Å². The van der Waals surface area contributed by atoms with Crippen LogP contribution in [-0.2, 0) is 6.54 Å². The SMILES string of the molecule is CC1CCCC(CCN(C)c2cccc(C(=O)Nc3ccncc3)n2)N1C1CCN(Cc2ccccc2Cl)CC1. The van der Waals surface area contributed by atoms with Crippen LogP contribution in [0.4, 0.5) is 11.5 Å². The molecule has 0 saturated carbocycles. The fraction of sp³-hybridized carbons (Fsp3) is 0.469. The third-order valence-corrected chi connectivity index (χ3v) is 8.88. The van der Waals surface area contributed by atoms with Gasteiger partial charge in [0.15, 0.2) is 0 Å². The summed E-state index contributed by atoms with van der Waals surface area (Å²) in [5, 5.41) is 3.77. The van der Waals surface area contributed by atoms with Gasteiger partial charge in [0.05, 0.1) is 0 Å². The predicted molar refractivity (Wildman–Crippen MR) is 163 cm³/mol. The molecule has 2 aromatic heterocycles. The largest absolute Gasteiger partial charge is 0.360 e. The van der Waals surface area contributed by atoms with Gasteiger partial charge in [-0.05, 0) is 88.0 Å². The first-order chi connectivity index (χ1) is 19.5. The molecule has 2 saturated heterocycles. The summed E-state index contributed by atoms with van der Waals surface area (Å²) >= 11 is 6.43. The van der Waals surface area contributed by atoms with Crippen LogP contribution in [0, 0.1) is 0 Å². The van der Waals surface area contributed by atoms with Crippen molar-refractivity contribution in [1.82, 2.24) is 19.8 Å². The summed E-state index contributed by atoms with van der Waals surface area (Å²) in [5.74, 6) is 0.611. The normalized spacial score (nSPS) is 20.8. The van der Waals surface area contributed by atoms with Gasteiger partial charge in [0.25, 0.3) is 5.91 Å². The van der Waals surface area contributed by atoms with E-state index < -0.39 is 0 Å². The van der Waals surface area contributed by atoms with Crippen molar-refractivity contribution in [2.75, 3.05) is 36.9 Å². The minimum atomic E-state index is -0.213. The second kappa shape index (κ2) is 13.6. The van der Waals surface area contributed by atoms with Gasteiger partial charge in [-0.3, -0.25) is 19.6 Å². The number of amides is 1. The van der Waals surface area contributed by atoms with Crippen LogP contribution in [0.2, 0.25) is 5.02 Å². The van der Waals surface area contributed by atoms with Crippen LogP contribution in [0.5, 0.6) is 0 Å². The third-order valence-electron chi connectivity index (χ3n) is 8.51. The lowest BCUT2D eigenvalue weighted by molar-refractivity contribution is 0.0106. The van der Waals surface area contributed by atoms with Gasteiger partial charge in [0.2, 0.25) is 0 Å². The number of pyridine rings is 2. The molecule has 5 rings (SSSR count). The van der Waals surface area contributed by atoms with Gasteiger partial charge >= 0.3 is 0 Å². The number of hydrogen-bond donors (Lipinski definition) is 1. The Labute approximate surface area is 243 Å². The molecule has 0 aliphatic carbocycles. The monoisotopic (exact) mass is 560 g/mol. The first kappa shape index (κ1) is 28.5. The Hall–Kier alpha value is -3.00. The van der Waals surface area contributed by atoms with E-state index in [-0.39, 0.29) is 5.91 Å². The van der Waals surface area contributed by atoms with Crippen molar-refractivity contribution in [1.29, 1.82) is 0 Å². The quantitative estimate of drug-likeness (QED) is 0.340. The Bertz CT molecular complexity index is 1250. The predicted octanol–water partition coefficient (Wildman–Crippen LogP) is 6.12. The van der Waals surface area contributed by atoms with Gasteiger partial charge in [0.1, 0.15) is 11.5 Å². The van der Waals surface area contributed by atoms with Gasteiger partial charge < -0.3 is 10.2 Å². The first-order valence-corrected chi connectivity index (χ1v) is 15.0. The van der Waals surface area contributed by atoms with Gasteiger partial charge in [-0.1, -0.05) is 42.3 Å². The summed E-state index contributed by atoms with van der Waals surface area (Å²) in [6.07, 6.45) is 10.6. The fourth-order valence-electron chi connectivity index (χ4n) is 6.35. The summed E-state index contributed by atoms with van der Waals surface area (Å²) in [7, 11) is 2.08. The summed E-state index contributed by atoms with van der Waals surface area (Å²) in [4.78, 5) is 29.0. The van der Waals surface area contributed by atoms with Crippen molar-refractivity contribution in [3.63, 3.8) is 0 Å². The maximum Gasteiger partial charge on any atom is 0.274 e. The molecule has 2 atom stereocenters. The summed E-state index contributed by atoms with van der Waals surface area (Å²) in [6, 6.07) is 19.2. The van der Waals surface area contributed by atoms with Crippen molar-refractivity contribution < 1.29 is 4.79 Å². The van der Waals surface area contributed by atoms with Crippen molar-refractivity contribution >= 4 is 29.0 Å². The highest BCUT2D eigenvalue weighted by atomic mass is 35.5. The standard InChI is InChI=1S/C32H41ClN6O/c1-24-7-5-9-27(39(24)28-16-21-38(22-17-28)23-25-8-3-4-10-29(25)33)15-20-37(2)31-12-6-11-30(36-31)32(40)35-26-13-18-34-19-14-26/h3-4,6,8,10-14,18-19,24,27-28H,5,7,9,15-17,20-23H2,1-2H3,(H,34,35,40). The van der Waals surface area contributed by atoms with E-state index in [1.807, 2.05) is 24.3 Å². The molecule has 2 fully saturated rings. The Balaban J connectivity index is 1.16. The number of hydrogen-bond acceptors (Lipinski definition) is 6. The van der Waals surface area contributed by atoms with E-state index >= 15 is 0 Å². The van der Waals surface area contributed by atoms with Crippen molar-refractivity contribution in [3.05, 3.63) is 83.3 Å². The molecule has 0 spiro atoms. The Kier molecular flexibility index (Phi) is 9.68. The summed E-state index contributed by atoms with van der Waals surface area (Å²) in [5.41, 5.74) is 2.35. The number of anilines is 2. The van der Waals surface area contributed by atoms with Crippen LogP contribution in [-0.4, -0.2) is 70.5 Å². The zero-order chi connectivity index (χ0) is 27.9. The molecule has 8 heteroatoms. The molecule has 4 heterocycles. The van der Waals surface area contributed by atoms with Crippen molar-refractivity contribution in [2.45, 2.75) is 70.1 Å². The molecular weight excluding hydrogens is 520 g/mol. The van der Waals surface area contributed by atoms with Crippen molar-refractivity contribution in [3.8, 4) is 0 Å². The van der Waals surface area contributed by atoms with E-state index in [1.165, 1.54) is 37.7 Å². The highest BCUT2D eigenvalue weighted by molar-refractivity contribution is 6.31. The molecule has 1 aromatic carbocycles. The second-order valence-electron chi connectivity index (χ2n) is 11.3. The highest BCUT2D eigenvalue weighted by Crippen LogP contribution is 2.32. The molecular formula is C32H41ClN6O. The zero-order valence-corrected chi connectivity index (χ0v) is 24.4. The molecule has 2 unspecified atom stereocenters. The molecule has 3 aromatic rings. The minimum Gasteiger partial charge on any atom is -0.360 e. The number of carbonyl (C=O) groups is 1. The van der Waals surface area contributed by atoms with Crippen LogP contribution in [0.1, 0.15) is 61.5 Å². The fourth-order valence-corrected chi connectivity index (χ4v) is 6.55. The van der Waals surface area contributed by atoms with Gasteiger partial charge in [0, 0.05) is 61.4 Å². The zero-order valence-electron chi connectivity index (χ0n) is 23.7. The molecule has 212 valence electrons. The van der Waals surface area contributed by atoms with E-state index in [0.717, 1.165) is 43.4 Å². The molecule has 1 amide bonds. The maximum atomic E-state index is 12.8. The molecule has 1 N–H and O–H groups in total. The van der Waals surface area contributed by atoms with E-state index in [1.54, 1.807) is 30.6 Å². The number of nitrogens with one attached hydrogen (secondary N) is 1. The maximum absolute atomic E-state index is 12.8. The number of piperidine rings is 2. The van der Waals surface area contributed by atoms with Gasteiger partial charge in [-0.15, -0.1) is 0 Å². The Morgan fingerprint density at radius 1 is 1.02 bits per heavy atom. The van der Waals surface area contributed by atoms with Crippen LogP contribution in [0.15, 0.2) is 67.0 Å². The molecule has 40 heavy (non-hydrogen) atoms. The summed E-state index contributed by atoms with van der Waals surface area (Å²) in [6.45, 7) is 6.48. The lowest BCUT2D eigenvalue weighted by atomic mass is 9.89. The minimum absolute atomic E-state index is 0.213. The van der Waals surface area contributed by atoms with Crippen LogP contribution in [0.25, 0.3) is 0 Å². The number of aromatic nitrogens is 2. The molecule has 2 aliphatic rings. The number of halogens is 1. The number of nitrogens with zero attached hydrogens (tertiary/aromatic N) is 5. The van der Waals surface area contributed by atoms with Gasteiger partial charge in [-0.2, -0.15) is 0 Å². The average Bonchev–Trinajstić information content (AvgIpc) is 2.98. The topological polar surface area (TPSA) is 64.6 Å². The Morgan fingerprint density at radius 3 is 2.58 bits per heavy atom. The lowest BCUT2D eigenvalue weighted by Crippen LogP contribution is -2.55. The van der Waals surface area contributed by atoms with Crippen LogP contribution in [0.3, 0.4) is 0 Å². The lowest BCUT2D eigenvalue weighted by Gasteiger charge is -2.48.